The molecule has 3 rings (SSSR count). The predicted octanol–water partition coefficient (Wildman–Crippen LogP) is 3.06. The molecule has 2 aliphatic rings. The Labute approximate surface area is 124 Å². The number of anilines is 1. The van der Waals surface area contributed by atoms with Gasteiger partial charge >= 0.3 is 0 Å². The van der Waals surface area contributed by atoms with Gasteiger partial charge in [0.2, 0.25) is 0 Å². The van der Waals surface area contributed by atoms with Crippen LogP contribution in [-0.2, 0) is 0 Å². The molecule has 5 heteroatoms. The van der Waals surface area contributed by atoms with E-state index in [1.165, 1.54) is 25.1 Å². The molecule has 1 aromatic heterocycles. The van der Waals surface area contributed by atoms with Crippen molar-refractivity contribution >= 4 is 11.7 Å². The molecule has 21 heavy (non-hydrogen) atoms. The lowest BCUT2D eigenvalue weighted by Crippen LogP contribution is -2.35. The molecule has 1 amide bonds. The lowest BCUT2D eigenvalue weighted by molar-refractivity contribution is 0.0730. The zero-order valence-electron chi connectivity index (χ0n) is 12.4. The van der Waals surface area contributed by atoms with E-state index in [0.717, 1.165) is 25.8 Å². The van der Waals surface area contributed by atoms with Gasteiger partial charge in [-0.3, -0.25) is 4.79 Å². The molecule has 2 fully saturated rings. The third-order valence-electron chi connectivity index (χ3n) is 4.06. The van der Waals surface area contributed by atoms with Gasteiger partial charge in [0.1, 0.15) is 0 Å². The zero-order chi connectivity index (χ0) is 14.8. The minimum atomic E-state index is -0.516. The van der Waals surface area contributed by atoms with Crippen LogP contribution < -0.4 is 5.32 Å². The lowest BCUT2D eigenvalue weighted by atomic mass is 10.2. The number of amides is 1. The Bertz CT molecular complexity index is 526. The molecule has 0 bridgehead atoms. The average Bonchev–Trinajstić information content (AvgIpc) is 3.36. The summed E-state index contributed by atoms with van der Waals surface area (Å²) in [5.41, 5.74) is 0.149. The molecule has 0 atom stereocenters. The second-order valence-corrected chi connectivity index (χ2v) is 6.08. The monoisotopic (exact) mass is 291 g/mol. The van der Waals surface area contributed by atoms with Crippen LogP contribution in [0.25, 0.3) is 0 Å². The van der Waals surface area contributed by atoms with Gasteiger partial charge in [-0.15, -0.1) is 0 Å². The smallest absolute Gasteiger partial charge is 0.257 e. The van der Waals surface area contributed by atoms with Crippen molar-refractivity contribution in [2.45, 2.75) is 45.1 Å². The first kappa shape index (κ1) is 14.3. The molecule has 2 aliphatic carbocycles. The van der Waals surface area contributed by atoms with Crippen molar-refractivity contribution < 1.29 is 9.18 Å². The summed E-state index contributed by atoms with van der Waals surface area (Å²) in [7, 11) is 0. The maximum atomic E-state index is 14.5. The van der Waals surface area contributed by atoms with Crippen LogP contribution >= 0.6 is 0 Å². The SMILES string of the molecule is CCCNc1nccc(C(=O)N(CC2CC2)C2CC2)c1F. The van der Waals surface area contributed by atoms with E-state index in [0.29, 0.717) is 18.5 Å². The Kier molecular flexibility index (Phi) is 4.08. The molecule has 0 aromatic carbocycles. The molecular weight excluding hydrogens is 269 g/mol. The topological polar surface area (TPSA) is 45.2 Å². The first-order chi connectivity index (χ1) is 10.2. The van der Waals surface area contributed by atoms with Crippen molar-refractivity contribution in [3.05, 3.63) is 23.6 Å². The normalized spacial score (nSPS) is 17.6. The highest BCUT2D eigenvalue weighted by Gasteiger charge is 2.37. The van der Waals surface area contributed by atoms with Crippen LogP contribution in [0.15, 0.2) is 12.3 Å². The summed E-state index contributed by atoms with van der Waals surface area (Å²) in [6.07, 6.45) is 6.88. The van der Waals surface area contributed by atoms with Crippen LogP contribution in [0.3, 0.4) is 0 Å². The second-order valence-electron chi connectivity index (χ2n) is 6.08. The van der Waals surface area contributed by atoms with Crippen molar-refractivity contribution in [1.29, 1.82) is 0 Å². The number of hydrogen-bond donors (Lipinski definition) is 1. The van der Waals surface area contributed by atoms with Gasteiger partial charge in [-0.2, -0.15) is 0 Å². The molecule has 0 aliphatic heterocycles. The third kappa shape index (κ3) is 3.34. The molecule has 2 saturated carbocycles. The van der Waals surface area contributed by atoms with Crippen LogP contribution in [0.2, 0.25) is 0 Å². The fraction of sp³-hybridized carbons (Fsp3) is 0.625. The van der Waals surface area contributed by atoms with Crippen LogP contribution in [0, 0.1) is 11.7 Å². The number of nitrogens with one attached hydrogen (secondary N) is 1. The number of pyridine rings is 1. The quantitative estimate of drug-likeness (QED) is 0.840. The Morgan fingerprint density at radius 1 is 1.43 bits per heavy atom. The second kappa shape index (κ2) is 6.00. The Balaban J connectivity index is 1.78. The molecule has 1 aromatic rings. The molecule has 114 valence electrons. The summed E-state index contributed by atoms with van der Waals surface area (Å²) in [6, 6.07) is 1.81. The van der Waals surface area contributed by atoms with E-state index in [-0.39, 0.29) is 17.3 Å². The molecule has 0 saturated heterocycles. The van der Waals surface area contributed by atoms with Crippen LogP contribution in [0.1, 0.15) is 49.4 Å². The summed E-state index contributed by atoms with van der Waals surface area (Å²) < 4.78 is 14.5. The largest absolute Gasteiger partial charge is 0.368 e. The molecule has 0 spiro atoms. The summed E-state index contributed by atoms with van der Waals surface area (Å²) in [5, 5.41) is 2.94. The summed E-state index contributed by atoms with van der Waals surface area (Å²) in [5.74, 6) is 0.114. The highest BCUT2D eigenvalue weighted by Crippen LogP contribution is 2.36. The van der Waals surface area contributed by atoms with Gasteiger partial charge in [0.05, 0.1) is 5.56 Å². The first-order valence-corrected chi connectivity index (χ1v) is 7.90. The minimum Gasteiger partial charge on any atom is -0.368 e. The van der Waals surface area contributed by atoms with Gasteiger partial charge in [0, 0.05) is 25.3 Å². The van der Waals surface area contributed by atoms with E-state index in [9.17, 15) is 9.18 Å². The van der Waals surface area contributed by atoms with Gasteiger partial charge in [-0.1, -0.05) is 6.92 Å². The Hall–Kier alpha value is -1.65. The van der Waals surface area contributed by atoms with E-state index in [4.69, 9.17) is 0 Å². The zero-order valence-corrected chi connectivity index (χ0v) is 12.4. The number of carbonyl (C=O) groups is 1. The number of nitrogens with zero attached hydrogens (tertiary/aromatic N) is 2. The minimum absolute atomic E-state index is 0.149. The maximum absolute atomic E-state index is 14.5. The summed E-state index contributed by atoms with van der Waals surface area (Å²) in [4.78, 5) is 18.5. The van der Waals surface area contributed by atoms with Gasteiger partial charge in [-0.05, 0) is 44.1 Å². The van der Waals surface area contributed by atoms with E-state index < -0.39 is 5.82 Å². The fourth-order valence-corrected chi connectivity index (χ4v) is 2.49. The lowest BCUT2D eigenvalue weighted by Gasteiger charge is -2.23. The maximum Gasteiger partial charge on any atom is 0.257 e. The van der Waals surface area contributed by atoms with Crippen molar-refractivity contribution in [2.75, 3.05) is 18.4 Å². The van der Waals surface area contributed by atoms with E-state index in [2.05, 4.69) is 10.3 Å². The molecule has 0 radical (unpaired) electrons. The van der Waals surface area contributed by atoms with Gasteiger partial charge < -0.3 is 10.2 Å². The Morgan fingerprint density at radius 2 is 2.19 bits per heavy atom. The number of halogens is 1. The van der Waals surface area contributed by atoms with Gasteiger partial charge in [0.25, 0.3) is 5.91 Å². The number of rotatable bonds is 7. The molecule has 1 heterocycles. The van der Waals surface area contributed by atoms with Gasteiger partial charge in [-0.25, -0.2) is 9.37 Å². The van der Waals surface area contributed by atoms with E-state index in [1.54, 1.807) is 0 Å². The van der Waals surface area contributed by atoms with Crippen LogP contribution in [-0.4, -0.2) is 34.9 Å². The third-order valence-corrected chi connectivity index (χ3v) is 4.06. The van der Waals surface area contributed by atoms with E-state index in [1.807, 2.05) is 11.8 Å². The molecule has 4 nitrogen and oxygen atoms in total. The molecule has 1 N–H and O–H groups in total. The van der Waals surface area contributed by atoms with Crippen LogP contribution in [0.5, 0.6) is 0 Å². The average molecular weight is 291 g/mol. The fourth-order valence-electron chi connectivity index (χ4n) is 2.49. The van der Waals surface area contributed by atoms with Crippen molar-refractivity contribution in [3.8, 4) is 0 Å². The highest BCUT2D eigenvalue weighted by atomic mass is 19.1. The van der Waals surface area contributed by atoms with Gasteiger partial charge in [0.15, 0.2) is 11.6 Å². The summed E-state index contributed by atoms with van der Waals surface area (Å²) >= 11 is 0. The van der Waals surface area contributed by atoms with Crippen molar-refractivity contribution in [1.82, 2.24) is 9.88 Å². The number of aromatic nitrogens is 1. The number of carbonyl (C=O) groups excluding carboxylic acids is 1. The van der Waals surface area contributed by atoms with Crippen molar-refractivity contribution in [2.24, 2.45) is 5.92 Å². The summed E-state index contributed by atoms with van der Waals surface area (Å²) in [6.45, 7) is 3.43. The first-order valence-electron chi connectivity index (χ1n) is 7.90. The standard InChI is InChI=1S/C16H22FN3O/c1-2-8-18-15-14(17)13(7-9-19-15)16(21)20(12-5-6-12)10-11-3-4-11/h7,9,11-12H,2-6,8,10H2,1H3,(H,18,19). The number of hydrogen-bond acceptors (Lipinski definition) is 3. The van der Waals surface area contributed by atoms with E-state index >= 15 is 0 Å². The molecular formula is C16H22FN3O. The Morgan fingerprint density at radius 3 is 2.81 bits per heavy atom. The predicted molar refractivity (Wildman–Crippen MR) is 79.8 cm³/mol. The highest BCUT2D eigenvalue weighted by molar-refractivity contribution is 5.95. The van der Waals surface area contributed by atoms with Crippen LogP contribution in [0.4, 0.5) is 10.2 Å². The molecule has 0 unspecified atom stereocenters. The van der Waals surface area contributed by atoms with Crippen molar-refractivity contribution in [3.63, 3.8) is 0 Å².